The van der Waals surface area contributed by atoms with Gasteiger partial charge in [0, 0.05) is 37.0 Å². The van der Waals surface area contributed by atoms with Gasteiger partial charge in [-0.2, -0.15) is 0 Å². The van der Waals surface area contributed by atoms with Crippen molar-refractivity contribution in [2.45, 2.75) is 6.42 Å². The molecule has 0 N–H and O–H groups in total. The molecule has 2 aromatic carbocycles. The maximum absolute atomic E-state index is 14.1. The second-order valence-corrected chi connectivity index (χ2v) is 6.99. The van der Waals surface area contributed by atoms with Crippen LogP contribution in [0.2, 0.25) is 0 Å². The van der Waals surface area contributed by atoms with E-state index in [0.717, 1.165) is 31.1 Å². The summed E-state index contributed by atoms with van der Waals surface area (Å²) in [6.07, 6.45) is 3.68. The average molecular weight is 392 g/mol. The lowest BCUT2D eigenvalue weighted by atomic mass is 10.2. The first-order valence-electron chi connectivity index (χ1n) is 9.51. The van der Waals surface area contributed by atoms with E-state index in [1.807, 2.05) is 12.1 Å². The number of rotatable bonds is 2. The number of anilines is 2. The number of fused-ring (bicyclic) bond motifs is 2. The molecule has 0 unspecified atom stereocenters. The number of halogens is 2. The standard InChI is InChI=1S/C21H18F2N6/c22-16-6-1-4-14-18(16)24-12-26-20(14)28-8-3-9-29(11-10-28)21-15-5-2-7-17(23)19(15)25-13-27-21/h1-2,4-7,12-13H,3,8-11H2. The van der Waals surface area contributed by atoms with E-state index in [-0.39, 0.29) is 11.6 Å². The molecule has 0 atom stereocenters. The molecular formula is C21H18F2N6. The van der Waals surface area contributed by atoms with Crippen molar-refractivity contribution in [1.29, 1.82) is 0 Å². The summed E-state index contributed by atoms with van der Waals surface area (Å²) >= 11 is 0. The van der Waals surface area contributed by atoms with Crippen LogP contribution in [0.1, 0.15) is 6.42 Å². The molecule has 146 valence electrons. The fourth-order valence-electron chi connectivity index (χ4n) is 3.92. The largest absolute Gasteiger partial charge is 0.354 e. The van der Waals surface area contributed by atoms with E-state index in [9.17, 15) is 8.78 Å². The number of para-hydroxylation sites is 2. The predicted octanol–water partition coefficient (Wildman–Crippen LogP) is 3.57. The van der Waals surface area contributed by atoms with Gasteiger partial charge in [-0.05, 0) is 30.7 Å². The number of aromatic nitrogens is 4. The second kappa shape index (κ2) is 7.20. The van der Waals surface area contributed by atoms with Crippen molar-refractivity contribution in [1.82, 2.24) is 19.9 Å². The molecule has 0 saturated carbocycles. The van der Waals surface area contributed by atoms with Gasteiger partial charge in [-0.15, -0.1) is 0 Å². The maximum atomic E-state index is 14.1. The number of nitrogens with zero attached hydrogens (tertiary/aromatic N) is 6. The minimum absolute atomic E-state index is 0.330. The van der Waals surface area contributed by atoms with Gasteiger partial charge in [0.15, 0.2) is 0 Å². The Labute approximate surface area is 165 Å². The lowest BCUT2D eigenvalue weighted by Gasteiger charge is -2.24. The molecule has 1 fully saturated rings. The molecule has 5 rings (SSSR count). The molecule has 0 amide bonds. The third kappa shape index (κ3) is 3.10. The van der Waals surface area contributed by atoms with Crippen LogP contribution in [0.15, 0.2) is 49.1 Å². The number of benzene rings is 2. The van der Waals surface area contributed by atoms with E-state index in [1.54, 1.807) is 12.1 Å². The third-order valence-corrected chi connectivity index (χ3v) is 5.28. The highest BCUT2D eigenvalue weighted by molar-refractivity contribution is 5.90. The highest BCUT2D eigenvalue weighted by Crippen LogP contribution is 2.28. The van der Waals surface area contributed by atoms with E-state index >= 15 is 0 Å². The van der Waals surface area contributed by atoms with E-state index in [4.69, 9.17) is 0 Å². The summed E-state index contributed by atoms with van der Waals surface area (Å²) in [5.74, 6) is 0.763. The minimum atomic E-state index is -0.350. The van der Waals surface area contributed by atoms with Crippen LogP contribution in [0.4, 0.5) is 20.4 Å². The molecule has 2 aromatic heterocycles. The molecule has 1 saturated heterocycles. The fourth-order valence-corrected chi connectivity index (χ4v) is 3.92. The van der Waals surface area contributed by atoms with Crippen molar-refractivity contribution in [2.24, 2.45) is 0 Å². The summed E-state index contributed by atoms with van der Waals surface area (Å²) in [6, 6.07) is 9.85. The Morgan fingerprint density at radius 3 is 1.59 bits per heavy atom. The smallest absolute Gasteiger partial charge is 0.149 e. The molecule has 1 aliphatic rings. The quantitative estimate of drug-likeness (QED) is 0.520. The van der Waals surface area contributed by atoms with Crippen LogP contribution < -0.4 is 9.80 Å². The summed E-state index contributed by atoms with van der Waals surface area (Å²) in [5.41, 5.74) is 0.659. The van der Waals surface area contributed by atoms with Crippen molar-refractivity contribution in [2.75, 3.05) is 36.0 Å². The van der Waals surface area contributed by atoms with Crippen molar-refractivity contribution in [3.8, 4) is 0 Å². The van der Waals surface area contributed by atoms with Crippen LogP contribution in [0, 0.1) is 11.6 Å². The molecule has 1 aliphatic heterocycles. The lowest BCUT2D eigenvalue weighted by Crippen LogP contribution is -2.32. The molecule has 4 aromatic rings. The average Bonchev–Trinajstić information content (AvgIpc) is 3.00. The monoisotopic (exact) mass is 392 g/mol. The van der Waals surface area contributed by atoms with Gasteiger partial charge < -0.3 is 9.80 Å². The van der Waals surface area contributed by atoms with E-state index in [0.29, 0.717) is 34.9 Å². The van der Waals surface area contributed by atoms with Crippen LogP contribution in [0.25, 0.3) is 21.8 Å². The molecule has 0 spiro atoms. The lowest BCUT2D eigenvalue weighted by molar-refractivity contribution is 0.636. The first-order valence-corrected chi connectivity index (χ1v) is 9.51. The topological polar surface area (TPSA) is 58.0 Å². The summed E-state index contributed by atoms with van der Waals surface area (Å²) in [5, 5.41) is 1.41. The fraction of sp³-hybridized carbons (Fsp3) is 0.238. The summed E-state index contributed by atoms with van der Waals surface area (Å²) in [4.78, 5) is 21.3. The van der Waals surface area contributed by atoms with Gasteiger partial charge in [-0.25, -0.2) is 28.7 Å². The Morgan fingerprint density at radius 2 is 1.10 bits per heavy atom. The van der Waals surface area contributed by atoms with Gasteiger partial charge in [0.05, 0.1) is 0 Å². The SMILES string of the molecule is Fc1cccc2c(N3CCCN(c4ncnc5c(F)cccc45)CC3)ncnc12. The zero-order valence-corrected chi connectivity index (χ0v) is 15.6. The molecule has 0 aliphatic carbocycles. The van der Waals surface area contributed by atoms with Crippen molar-refractivity contribution < 1.29 is 8.78 Å². The van der Waals surface area contributed by atoms with E-state index in [2.05, 4.69) is 29.7 Å². The molecule has 29 heavy (non-hydrogen) atoms. The van der Waals surface area contributed by atoms with Gasteiger partial charge in [0.1, 0.15) is 47.0 Å². The molecule has 3 heterocycles. The van der Waals surface area contributed by atoms with Crippen molar-refractivity contribution in [3.05, 3.63) is 60.7 Å². The first kappa shape index (κ1) is 17.7. The highest BCUT2D eigenvalue weighted by Gasteiger charge is 2.21. The number of hydrogen-bond acceptors (Lipinski definition) is 6. The van der Waals surface area contributed by atoms with Crippen molar-refractivity contribution in [3.63, 3.8) is 0 Å². The van der Waals surface area contributed by atoms with Gasteiger partial charge >= 0.3 is 0 Å². The zero-order chi connectivity index (χ0) is 19.8. The summed E-state index contributed by atoms with van der Waals surface area (Å²) in [6.45, 7) is 2.92. The van der Waals surface area contributed by atoms with Crippen LogP contribution in [0.3, 0.4) is 0 Å². The number of hydrogen-bond donors (Lipinski definition) is 0. The Balaban J connectivity index is 1.47. The maximum Gasteiger partial charge on any atom is 0.149 e. The molecule has 0 bridgehead atoms. The van der Waals surface area contributed by atoms with Crippen LogP contribution in [0.5, 0.6) is 0 Å². The second-order valence-electron chi connectivity index (χ2n) is 6.99. The van der Waals surface area contributed by atoms with Gasteiger partial charge in [0.2, 0.25) is 0 Å². The van der Waals surface area contributed by atoms with Crippen molar-refractivity contribution >= 4 is 33.4 Å². The zero-order valence-electron chi connectivity index (χ0n) is 15.6. The van der Waals surface area contributed by atoms with Gasteiger partial charge in [0.25, 0.3) is 0 Å². The van der Waals surface area contributed by atoms with Crippen LogP contribution in [-0.4, -0.2) is 46.1 Å². The third-order valence-electron chi connectivity index (χ3n) is 5.28. The molecule has 0 radical (unpaired) electrons. The molecular weight excluding hydrogens is 374 g/mol. The summed E-state index contributed by atoms with van der Waals surface area (Å²) < 4.78 is 28.2. The summed E-state index contributed by atoms with van der Waals surface area (Å²) in [7, 11) is 0. The predicted molar refractivity (Wildman–Crippen MR) is 108 cm³/mol. The Morgan fingerprint density at radius 1 is 0.621 bits per heavy atom. The van der Waals surface area contributed by atoms with Gasteiger partial charge in [-0.1, -0.05) is 12.1 Å². The first-order chi connectivity index (χ1) is 14.2. The Hall–Kier alpha value is -3.42. The van der Waals surface area contributed by atoms with Crippen LogP contribution in [-0.2, 0) is 0 Å². The Bertz CT molecular complexity index is 1110. The minimum Gasteiger partial charge on any atom is -0.354 e. The molecule has 6 nitrogen and oxygen atoms in total. The van der Waals surface area contributed by atoms with E-state index < -0.39 is 0 Å². The van der Waals surface area contributed by atoms with E-state index in [1.165, 1.54) is 24.8 Å². The highest BCUT2D eigenvalue weighted by atomic mass is 19.1. The van der Waals surface area contributed by atoms with Gasteiger partial charge in [-0.3, -0.25) is 0 Å². The molecule has 8 heteroatoms. The normalized spacial score (nSPS) is 15.1. The Kier molecular flexibility index (Phi) is 4.38. The van der Waals surface area contributed by atoms with Crippen LogP contribution >= 0.6 is 0 Å².